The van der Waals surface area contributed by atoms with Gasteiger partial charge in [-0.15, -0.1) is 0 Å². The van der Waals surface area contributed by atoms with E-state index in [0.29, 0.717) is 5.56 Å². The Balaban J connectivity index is 1.19. The van der Waals surface area contributed by atoms with Crippen LogP contribution in [0.25, 0.3) is 28.4 Å². The van der Waals surface area contributed by atoms with Gasteiger partial charge in [0.25, 0.3) is 0 Å². The zero-order chi connectivity index (χ0) is 46.3. The number of hydrogen-bond donors (Lipinski definition) is 12. The van der Waals surface area contributed by atoms with Crippen LogP contribution in [-0.2, 0) is 28.5 Å². The molecule has 0 radical (unpaired) electrons. The molecule has 22 heteroatoms. The highest BCUT2D eigenvalue weighted by Gasteiger charge is 2.51. The minimum atomic E-state index is -2.05. The average molecular weight is 903 g/mol. The Morgan fingerprint density at radius 1 is 0.656 bits per heavy atom. The highest BCUT2D eigenvalue weighted by Crippen LogP contribution is 2.41. The second-order valence-corrected chi connectivity index (χ2v) is 15.4. The summed E-state index contributed by atoms with van der Waals surface area (Å²) in [4.78, 5) is 26.9. The van der Waals surface area contributed by atoms with E-state index in [9.17, 15) is 70.9 Å². The number of fused-ring (bicyclic) bond motifs is 1. The van der Waals surface area contributed by atoms with Crippen LogP contribution in [0, 0.1) is 0 Å². The van der Waals surface area contributed by atoms with Crippen molar-refractivity contribution in [2.75, 3.05) is 6.61 Å². The number of carbonyl (C=O) groups excluding carboxylic acids is 1. The topological polar surface area (TPSA) is 355 Å². The maximum absolute atomic E-state index is 14.4. The molecule has 0 saturated carbocycles. The summed E-state index contributed by atoms with van der Waals surface area (Å²) in [7, 11) is 0. The van der Waals surface area contributed by atoms with E-state index < -0.39 is 144 Å². The van der Waals surface area contributed by atoms with Crippen LogP contribution in [0.3, 0.4) is 0 Å². The Morgan fingerprint density at radius 3 is 1.98 bits per heavy atom. The van der Waals surface area contributed by atoms with Gasteiger partial charge in [-0.25, -0.2) is 4.79 Å². The number of carbonyl (C=O) groups is 1. The minimum Gasteiger partial charge on any atom is -0.508 e. The van der Waals surface area contributed by atoms with E-state index in [2.05, 4.69) is 0 Å². The summed E-state index contributed by atoms with van der Waals surface area (Å²) in [6, 6.07) is 11.1. The number of hydrogen-bond acceptors (Lipinski definition) is 22. The molecule has 3 aliphatic heterocycles. The molecule has 22 nitrogen and oxygen atoms in total. The minimum absolute atomic E-state index is 0.00583. The van der Waals surface area contributed by atoms with Crippen LogP contribution in [0.2, 0.25) is 0 Å². The molecule has 7 rings (SSSR count). The molecule has 3 aliphatic rings. The molecular weight excluding hydrogens is 856 g/mol. The highest BCUT2D eigenvalue weighted by molar-refractivity contribution is 5.89. The third-order valence-corrected chi connectivity index (χ3v) is 10.9. The number of ether oxygens (including phenoxy) is 7. The van der Waals surface area contributed by atoms with Gasteiger partial charge in [-0.1, -0.05) is 12.1 Å². The number of benzene rings is 3. The lowest BCUT2D eigenvalue weighted by atomic mass is 9.97. The zero-order valence-corrected chi connectivity index (χ0v) is 33.7. The highest BCUT2D eigenvalue weighted by atomic mass is 16.8. The summed E-state index contributed by atoms with van der Waals surface area (Å²) in [5, 5.41) is 126. The van der Waals surface area contributed by atoms with Crippen LogP contribution >= 0.6 is 0 Å². The molecule has 0 aliphatic carbocycles. The van der Waals surface area contributed by atoms with Crippen molar-refractivity contribution in [2.45, 2.75) is 106 Å². The van der Waals surface area contributed by atoms with Crippen molar-refractivity contribution in [3.63, 3.8) is 0 Å². The molecule has 3 fully saturated rings. The van der Waals surface area contributed by atoms with Crippen molar-refractivity contribution in [3.05, 3.63) is 76.5 Å². The lowest BCUT2D eigenvalue weighted by molar-refractivity contribution is -0.355. The van der Waals surface area contributed by atoms with Gasteiger partial charge in [0.1, 0.15) is 89.8 Å². The quantitative estimate of drug-likeness (QED) is 0.0477. The van der Waals surface area contributed by atoms with Gasteiger partial charge in [0.2, 0.25) is 23.8 Å². The lowest BCUT2D eigenvalue weighted by Gasteiger charge is -2.45. The van der Waals surface area contributed by atoms with Gasteiger partial charge >= 0.3 is 5.97 Å². The molecule has 0 unspecified atom stereocenters. The summed E-state index contributed by atoms with van der Waals surface area (Å²) >= 11 is 0. The molecule has 346 valence electrons. The van der Waals surface area contributed by atoms with Crippen molar-refractivity contribution in [1.29, 1.82) is 0 Å². The van der Waals surface area contributed by atoms with Crippen LogP contribution in [0.5, 0.6) is 34.5 Å². The van der Waals surface area contributed by atoms with E-state index in [1.165, 1.54) is 50.3 Å². The number of phenolic OH excluding ortho intramolecular Hbond substituents is 4. The molecule has 64 heavy (non-hydrogen) atoms. The first kappa shape index (κ1) is 46.4. The van der Waals surface area contributed by atoms with Gasteiger partial charge in [0.15, 0.2) is 29.7 Å². The van der Waals surface area contributed by atoms with Crippen LogP contribution in [0.15, 0.2) is 69.9 Å². The zero-order valence-electron chi connectivity index (χ0n) is 33.7. The van der Waals surface area contributed by atoms with Gasteiger partial charge in [0.05, 0.1) is 12.2 Å². The van der Waals surface area contributed by atoms with Gasteiger partial charge in [-0.2, -0.15) is 0 Å². The first-order valence-electron chi connectivity index (χ1n) is 19.7. The molecule has 4 aromatic rings. The molecule has 0 bridgehead atoms. The monoisotopic (exact) mass is 902 g/mol. The average Bonchev–Trinajstić information content (AvgIpc) is 3.26. The largest absolute Gasteiger partial charge is 0.508 e. The molecule has 0 amide bonds. The Hall–Kier alpha value is -5.60. The van der Waals surface area contributed by atoms with E-state index in [0.717, 1.165) is 30.3 Å². The molecule has 3 saturated heterocycles. The number of aliphatic hydroxyl groups is 8. The number of esters is 1. The van der Waals surface area contributed by atoms with Crippen molar-refractivity contribution in [3.8, 4) is 45.8 Å². The molecular formula is C42H46O22. The maximum Gasteiger partial charge on any atom is 0.330 e. The van der Waals surface area contributed by atoms with Crippen molar-refractivity contribution >= 4 is 23.0 Å². The Morgan fingerprint density at radius 2 is 1.30 bits per heavy atom. The van der Waals surface area contributed by atoms with Gasteiger partial charge in [-0.05, 0) is 55.8 Å². The molecule has 1 aromatic heterocycles. The van der Waals surface area contributed by atoms with Crippen LogP contribution in [-0.4, -0.2) is 166 Å². The third-order valence-electron chi connectivity index (χ3n) is 10.9. The fraction of sp³-hybridized carbons (Fsp3) is 0.429. The van der Waals surface area contributed by atoms with Crippen LogP contribution in [0.1, 0.15) is 19.4 Å². The summed E-state index contributed by atoms with van der Waals surface area (Å²) in [5.74, 6) is -4.43. The van der Waals surface area contributed by atoms with Gasteiger partial charge < -0.3 is 98.9 Å². The summed E-state index contributed by atoms with van der Waals surface area (Å²) in [5.41, 5.74) is -1.08. The summed E-state index contributed by atoms with van der Waals surface area (Å²) < 4.78 is 45.8. The predicted molar refractivity (Wildman–Crippen MR) is 213 cm³/mol. The maximum atomic E-state index is 14.4. The normalized spacial score (nSPS) is 33.2. The standard InChI is InChI=1S/C42H46O22/c1-15-28(48)32(52)35(55)40(58-15)60-20-12-23(46)27-24(13-20)61-37(18-6-9-21(44)22(45)11-18)38(31(27)51)63-42-39(34(54)29(49)16(2)59-42)64-41-36(56)33(53)30(50)25(62-41)14-57-26(47)10-5-17-3-7-19(43)8-4-17/h3-13,15-16,25,28-30,32-36,39-46,48-50,52-56H,14H2,1-2H3/b10-5-/t15-,16-,25+,28-,29-,30-,32+,33+,34+,35+,36+,39+,40-,41-,42-/m0/s1. The molecule has 4 heterocycles. The lowest BCUT2D eigenvalue weighted by Crippen LogP contribution is -2.64. The smallest absolute Gasteiger partial charge is 0.330 e. The second kappa shape index (κ2) is 18.9. The molecule has 3 aromatic carbocycles. The fourth-order valence-electron chi connectivity index (χ4n) is 7.17. The van der Waals surface area contributed by atoms with Gasteiger partial charge in [-0.3, -0.25) is 4.79 Å². The number of aromatic hydroxyl groups is 4. The Kier molecular flexibility index (Phi) is 13.7. The van der Waals surface area contributed by atoms with Crippen molar-refractivity contribution in [2.24, 2.45) is 0 Å². The van der Waals surface area contributed by atoms with E-state index >= 15 is 0 Å². The SMILES string of the molecule is C[C@@H]1O[C@@H](Oc2cc(O)c3c(=O)c(O[C@@H]4O[C@@H](C)[C@H](O)[C@@H](O)[C@H]4O[C@@H]4O[C@H](COC(=O)/C=C\c5ccc(O)cc5)[C@H](O)[C@@H](O)[C@H]4O)c(-c4ccc(O)c(O)c4)oc3c2)[C@H](O)[C@H](O)[C@H]1O. The molecule has 15 atom stereocenters. The number of phenols is 4. The van der Waals surface area contributed by atoms with Crippen LogP contribution in [0.4, 0.5) is 0 Å². The summed E-state index contributed by atoms with van der Waals surface area (Å²) in [6.45, 7) is 2.05. The molecule has 12 N–H and O–H groups in total. The first-order chi connectivity index (χ1) is 30.3. The Bertz CT molecular complexity index is 2390. The second-order valence-electron chi connectivity index (χ2n) is 15.4. The van der Waals surface area contributed by atoms with E-state index in [1.807, 2.05) is 0 Å². The van der Waals surface area contributed by atoms with Crippen molar-refractivity contribution in [1.82, 2.24) is 0 Å². The molecule has 0 spiro atoms. The Labute approximate surface area is 361 Å². The number of aliphatic hydroxyl groups excluding tert-OH is 8. The first-order valence-corrected chi connectivity index (χ1v) is 19.7. The number of rotatable bonds is 11. The summed E-state index contributed by atoms with van der Waals surface area (Å²) in [6.07, 6.45) is -23.2. The fourth-order valence-corrected chi connectivity index (χ4v) is 7.17. The third kappa shape index (κ3) is 9.44. The van der Waals surface area contributed by atoms with E-state index in [1.54, 1.807) is 0 Å². The van der Waals surface area contributed by atoms with Crippen molar-refractivity contribution < 1.29 is 104 Å². The predicted octanol–water partition coefficient (Wildman–Crippen LogP) is -1.22. The van der Waals surface area contributed by atoms with E-state index in [4.69, 9.17) is 37.6 Å². The van der Waals surface area contributed by atoms with E-state index in [-0.39, 0.29) is 22.6 Å². The van der Waals surface area contributed by atoms with Gasteiger partial charge in [0, 0.05) is 23.8 Å². The van der Waals surface area contributed by atoms with Crippen LogP contribution < -0.4 is 14.9 Å².